The van der Waals surface area contributed by atoms with Gasteiger partial charge in [-0.2, -0.15) is 0 Å². The van der Waals surface area contributed by atoms with Crippen molar-refractivity contribution in [1.82, 2.24) is 0 Å². The van der Waals surface area contributed by atoms with E-state index in [1.807, 2.05) is 0 Å². The maximum Gasteiger partial charge on any atom is 0.370 e. The van der Waals surface area contributed by atoms with Gasteiger partial charge in [-0.1, -0.05) is 0 Å². The molecule has 0 fully saturated rings. The lowest BCUT2D eigenvalue weighted by Crippen LogP contribution is -2.30. The van der Waals surface area contributed by atoms with Crippen molar-refractivity contribution >= 4 is 5.97 Å². The summed E-state index contributed by atoms with van der Waals surface area (Å²) in [7, 11) is 0. The Hall–Kier alpha value is -1.07. The zero-order valence-electron chi connectivity index (χ0n) is 5.73. The SMILES string of the molecule is NC[C@H]1OC(C(=O)O)=C[C@@H]1O. The first-order chi connectivity index (χ1) is 5.15. The molecule has 5 nitrogen and oxygen atoms in total. The Morgan fingerprint density at radius 3 is 2.73 bits per heavy atom. The first-order valence-corrected chi connectivity index (χ1v) is 3.15. The molecule has 0 spiro atoms. The van der Waals surface area contributed by atoms with Crippen LogP contribution in [-0.4, -0.2) is 34.9 Å². The third-order valence-electron chi connectivity index (χ3n) is 1.42. The Labute approximate surface area is 63.1 Å². The number of aliphatic carboxylic acids is 1. The summed E-state index contributed by atoms with van der Waals surface area (Å²) in [5.74, 6) is -1.41. The molecule has 11 heavy (non-hydrogen) atoms. The summed E-state index contributed by atoms with van der Waals surface area (Å²) in [6.07, 6.45) is -0.368. The lowest BCUT2D eigenvalue weighted by molar-refractivity contribution is -0.137. The highest BCUT2D eigenvalue weighted by Crippen LogP contribution is 2.16. The number of aliphatic hydroxyl groups is 1. The van der Waals surface area contributed by atoms with Crippen LogP contribution in [0.15, 0.2) is 11.8 Å². The molecule has 0 saturated carbocycles. The average Bonchev–Trinajstić information content (AvgIpc) is 2.31. The molecule has 0 aromatic rings. The number of nitrogens with two attached hydrogens (primary N) is 1. The van der Waals surface area contributed by atoms with Gasteiger partial charge in [-0.05, 0) is 6.08 Å². The molecule has 0 aromatic carbocycles. The Balaban J connectivity index is 2.63. The average molecular weight is 159 g/mol. The smallest absolute Gasteiger partial charge is 0.370 e. The molecule has 0 aromatic heterocycles. The molecule has 1 heterocycles. The van der Waals surface area contributed by atoms with Crippen LogP contribution in [0.5, 0.6) is 0 Å². The van der Waals surface area contributed by atoms with Gasteiger partial charge in [0, 0.05) is 6.54 Å². The van der Waals surface area contributed by atoms with Crippen LogP contribution in [0.2, 0.25) is 0 Å². The van der Waals surface area contributed by atoms with Gasteiger partial charge < -0.3 is 20.7 Å². The van der Waals surface area contributed by atoms with Gasteiger partial charge in [0.2, 0.25) is 5.76 Å². The molecule has 5 heteroatoms. The fraction of sp³-hybridized carbons (Fsp3) is 0.500. The highest BCUT2D eigenvalue weighted by molar-refractivity contribution is 5.84. The van der Waals surface area contributed by atoms with E-state index in [1.54, 1.807) is 0 Å². The van der Waals surface area contributed by atoms with Crippen LogP contribution in [0.25, 0.3) is 0 Å². The first kappa shape index (κ1) is 8.03. The second kappa shape index (κ2) is 2.89. The predicted molar refractivity (Wildman–Crippen MR) is 35.7 cm³/mol. The second-order valence-corrected chi connectivity index (χ2v) is 2.22. The van der Waals surface area contributed by atoms with Crippen molar-refractivity contribution in [2.75, 3.05) is 6.54 Å². The maximum absolute atomic E-state index is 10.3. The quantitative estimate of drug-likeness (QED) is 0.464. The molecular formula is C6H9NO4. The molecule has 0 radical (unpaired) electrons. The maximum atomic E-state index is 10.3. The van der Waals surface area contributed by atoms with E-state index in [2.05, 4.69) is 0 Å². The van der Waals surface area contributed by atoms with E-state index in [4.69, 9.17) is 20.7 Å². The Morgan fingerprint density at radius 1 is 1.82 bits per heavy atom. The Kier molecular flexibility index (Phi) is 2.11. The van der Waals surface area contributed by atoms with Gasteiger partial charge in [-0.25, -0.2) is 4.79 Å². The minimum atomic E-state index is -1.18. The van der Waals surface area contributed by atoms with Crippen LogP contribution >= 0.6 is 0 Å². The molecule has 1 aliphatic rings. The standard InChI is InChI=1S/C6H9NO4/c7-2-5-3(8)1-4(11-5)6(9)10/h1,3,5,8H,2,7H2,(H,9,10)/t3-,5+/m0/s1. The fourth-order valence-corrected chi connectivity index (χ4v) is 0.844. The van der Waals surface area contributed by atoms with Gasteiger partial charge in [0.1, 0.15) is 12.2 Å². The number of carboxylic acid groups (broad SMARTS) is 1. The van der Waals surface area contributed by atoms with Gasteiger partial charge in [0.05, 0.1) is 0 Å². The van der Waals surface area contributed by atoms with Crippen molar-refractivity contribution in [1.29, 1.82) is 0 Å². The van der Waals surface area contributed by atoms with Crippen molar-refractivity contribution in [3.63, 3.8) is 0 Å². The summed E-state index contributed by atoms with van der Waals surface area (Å²) in [6.45, 7) is 0.106. The third kappa shape index (κ3) is 1.50. The second-order valence-electron chi connectivity index (χ2n) is 2.22. The van der Waals surface area contributed by atoms with Crippen molar-refractivity contribution in [3.05, 3.63) is 11.8 Å². The van der Waals surface area contributed by atoms with Crippen molar-refractivity contribution < 1.29 is 19.7 Å². The summed E-state index contributed by atoms with van der Waals surface area (Å²) in [5, 5.41) is 17.5. The number of rotatable bonds is 2. The molecule has 4 N–H and O–H groups in total. The van der Waals surface area contributed by atoms with E-state index in [9.17, 15) is 4.79 Å². The molecule has 1 aliphatic heterocycles. The number of ether oxygens (including phenoxy) is 1. The molecule has 0 amide bonds. The number of carbonyl (C=O) groups is 1. The number of hydrogen-bond donors (Lipinski definition) is 3. The summed E-state index contributed by atoms with van der Waals surface area (Å²) >= 11 is 0. The van der Waals surface area contributed by atoms with Crippen molar-refractivity contribution in [3.8, 4) is 0 Å². The predicted octanol–water partition coefficient (Wildman–Crippen LogP) is -1.33. The van der Waals surface area contributed by atoms with E-state index >= 15 is 0 Å². The summed E-state index contributed by atoms with van der Waals surface area (Å²) in [5.41, 5.74) is 5.18. The Morgan fingerprint density at radius 2 is 2.45 bits per heavy atom. The molecule has 1 rings (SSSR count). The van der Waals surface area contributed by atoms with Gasteiger partial charge in [0.15, 0.2) is 0 Å². The van der Waals surface area contributed by atoms with Crippen LogP contribution in [0.4, 0.5) is 0 Å². The molecular weight excluding hydrogens is 150 g/mol. The van der Waals surface area contributed by atoms with Crippen molar-refractivity contribution in [2.24, 2.45) is 5.73 Å². The summed E-state index contributed by atoms with van der Waals surface area (Å²) < 4.78 is 4.77. The minimum absolute atomic E-state index is 0.106. The molecule has 0 bridgehead atoms. The highest BCUT2D eigenvalue weighted by atomic mass is 16.5. The van der Waals surface area contributed by atoms with Crippen LogP contribution in [0.1, 0.15) is 0 Å². The minimum Gasteiger partial charge on any atom is -0.479 e. The van der Waals surface area contributed by atoms with Crippen LogP contribution < -0.4 is 5.73 Å². The number of carboxylic acids is 1. The van der Waals surface area contributed by atoms with E-state index in [-0.39, 0.29) is 12.3 Å². The van der Waals surface area contributed by atoms with E-state index < -0.39 is 18.2 Å². The lowest BCUT2D eigenvalue weighted by atomic mass is 10.2. The molecule has 0 aliphatic carbocycles. The number of hydrogen-bond acceptors (Lipinski definition) is 4. The molecule has 62 valence electrons. The van der Waals surface area contributed by atoms with Crippen LogP contribution in [-0.2, 0) is 9.53 Å². The molecule has 0 saturated heterocycles. The first-order valence-electron chi connectivity index (χ1n) is 3.15. The van der Waals surface area contributed by atoms with Gasteiger partial charge in [-0.15, -0.1) is 0 Å². The Bertz CT molecular complexity index is 201. The zero-order chi connectivity index (χ0) is 8.43. The number of aliphatic hydroxyl groups excluding tert-OH is 1. The summed E-state index contributed by atoms with van der Waals surface area (Å²) in [6, 6.07) is 0. The largest absolute Gasteiger partial charge is 0.479 e. The van der Waals surface area contributed by atoms with Gasteiger partial charge in [0.25, 0.3) is 0 Å². The van der Waals surface area contributed by atoms with Gasteiger partial charge >= 0.3 is 5.97 Å². The topological polar surface area (TPSA) is 92.8 Å². The van der Waals surface area contributed by atoms with Crippen molar-refractivity contribution in [2.45, 2.75) is 12.2 Å². The zero-order valence-corrected chi connectivity index (χ0v) is 5.73. The van der Waals surface area contributed by atoms with E-state index in [1.165, 1.54) is 0 Å². The van der Waals surface area contributed by atoms with Gasteiger partial charge in [-0.3, -0.25) is 0 Å². The molecule has 0 unspecified atom stereocenters. The normalized spacial score (nSPS) is 29.5. The van der Waals surface area contributed by atoms with E-state index in [0.29, 0.717) is 0 Å². The van der Waals surface area contributed by atoms with E-state index in [0.717, 1.165) is 6.08 Å². The summed E-state index contributed by atoms with van der Waals surface area (Å²) in [4.78, 5) is 10.3. The third-order valence-corrected chi connectivity index (χ3v) is 1.42. The fourth-order valence-electron chi connectivity index (χ4n) is 0.844. The monoisotopic (exact) mass is 159 g/mol. The van der Waals surface area contributed by atoms with Crippen LogP contribution in [0.3, 0.4) is 0 Å². The lowest BCUT2D eigenvalue weighted by Gasteiger charge is -2.11. The van der Waals surface area contributed by atoms with Crippen LogP contribution in [0, 0.1) is 0 Å². The highest BCUT2D eigenvalue weighted by Gasteiger charge is 2.29. The molecule has 2 atom stereocenters.